The molecule has 3 nitrogen and oxygen atoms in total. The van der Waals surface area contributed by atoms with Crippen LogP contribution in [0.15, 0.2) is 0 Å². The summed E-state index contributed by atoms with van der Waals surface area (Å²) in [5, 5.41) is 1.22. The third-order valence-corrected chi connectivity index (χ3v) is 5.38. The summed E-state index contributed by atoms with van der Waals surface area (Å²) >= 11 is 1.83. The standard InChI is InChI=1S/C14H23N3S/c1-9-5-6-17(10(2)7-9)14-16-13(11-3-4-11)12(8-15)18-14/h9-11H,3-8,15H2,1-2H3. The van der Waals surface area contributed by atoms with E-state index in [1.165, 1.54) is 41.4 Å². The maximum atomic E-state index is 5.87. The summed E-state index contributed by atoms with van der Waals surface area (Å²) in [5.41, 5.74) is 7.18. The predicted molar refractivity (Wildman–Crippen MR) is 77.2 cm³/mol. The highest BCUT2D eigenvalue weighted by Crippen LogP contribution is 2.44. The number of thiazole rings is 1. The Morgan fingerprint density at radius 3 is 2.72 bits per heavy atom. The monoisotopic (exact) mass is 265 g/mol. The number of aromatic nitrogens is 1. The summed E-state index contributed by atoms with van der Waals surface area (Å²) < 4.78 is 0. The van der Waals surface area contributed by atoms with Gasteiger partial charge in [0, 0.05) is 29.9 Å². The molecule has 1 aliphatic heterocycles. The van der Waals surface area contributed by atoms with Crippen molar-refractivity contribution in [3.63, 3.8) is 0 Å². The van der Waals surface area contributed by atoms with E-state index in [9.17, 15) is 0 Å². The topological polar surface area (TPSA) is 42.2 Å². The molecule has 0 bridgehead atoms. The highest BCUT2D eigenvalue weighted by atomic mass is 32.1. The molecule has 2 heterocycles. The van der Waals surface area contributed by atoms with Crippen molar-refractivity contribution in [2.45, 2.75) is 58.0 Å². The number of nitrogens with zero attached hydrogens (tertiary/aromatic N) is 2. The van der Waals surface area contributed by atoms with Crippen molar-refractivity contribution >= 4 is 16.5 Å². The molecule has 0 aromatic carbocycles. The Labute approximate surface area is 113 Å². The van der Waals surface area contributed by atoms with Gasteiger partial charge in [-0.05, 0) is 38.5 Å². The Kier molecular flexibility index (Phi) is 3.32. The van der Waals surface area contributed by atoms with Crippen molar-refractivity contribution in [3.8, 4) is 0 Å². The quantitative estimate of drug-likeness (QED) is 0.913. The van der Waals surface area contributed by atoms with Gasteiger partial charge < -0.3 is 10.6 Å². The molecular formula is C14H23N3S. The molecule has 0 spiro atoms. The van der Waals surface area contributed by atoms with E-state index in [-0.39, 0.29) is 0 Å². The number of hydrogen-bond donors (Lipinski definition) is 1. The number of piperidine rings is 1. The van der Waals surface area contributed by atoms with E-state index in [1.807, 2.05) is 11.3 Å². The van der Waals surface area contributed by atoms with Crippen molar-refractivity contribution < 1.29 is 0 Å². The molecule has 2 N–H and O–H groups in total. The van der Waals surface area contributed by atoms with Crippen molar-refractivity contribution in [3.05, 3.63) is 10.6 Å². The van der Waals surface area contributed by atoms with E-state index >= 15 is 0 Å². The Hall–Kier alpha value is -0.610. The maximum Gasteiger partial charge on any atom is 0.186 e. The third kappa shape index (κ3) is 2.28. The summed E-state index contributed by atoms with van der Waals surface area (Å²) in [7, 11) is 0. The van der Waals surface area contributed by atoms with E-state index in [0.717, 1.165) is 12.5 Å². The smallest absolute Gasteiger partial charge is 0.186 e. The SMILES string of the molecule is CC1CCN(c2nc(C3CC3)c(CN)s2)C(C)C1. The molecule has 0 amide bonds. The van der Waals surface area contributed by atoms with Gasteiger partial charge in [-0.3, -0.25) is 0 Å². The van der Waals surface area contributed by atoms with E-state index < -0.39 is 0 Å². The van der Waals surface area contributed by atoms with Gasteiger partial charge in [-0.15, -0.1) is 11.3 Å². The van der Waals surface area contributed by atoms with Crippen LogP contribution in [0.2, 0.25) is 0 Å². The van der Waals surface area contributed by atoms with E-state index in [0.29, 0.717) is 18.5 Å². The van der Waals surface area contributed by atoms with Crippen LogP contribution in [0.1, 0.15) is 56.0 Å². The Bertz CT molecular complexity index is 425. The molecule has 1 aromatic rings. The van der Waals surface area contributed by atoms with Gasteiger partial charge in [0.05, 0.1) is 5.69 Å². The molecule has 1 aromatic heterocycles. The van der Waals surface area contributed by atoms with Gasteiger partial charge in [0.25, 0.3) is 0 Å². The molecule has 3 rings (SSSR count). The lowest BCUT2D eigenvalue weighted by Crippen LogP contribution is -2.40. The summed E-state index contributed by atoms with van der Waals surface area (Å²) in [4.78, 5) is 8.72. The Morgan fingerprint density at radius 2 is 2.11 bits per heavy atom. The van der Waals surface area contributed by atoms with Crippen molar-refractivity contribution in [1.29, 1.82) is 0 Å². The van der Waals surface area contributed by atoms with Crippen LogP contribution < -0.4 is 10.6 Å². The van der Waals surface area contributed by atoms with Crippen LogP contribution in [-0.2, 0) is 6.54 Å². The molecule has 2 unspecified atom stereocenters. The first-order valence-electron chi connectivity index (χ1n) is 7.15. The largest absolute Gasteiger partial charge is 0.345 e. The average molecular weight is 265 g/mol. The first-order valence-corrected chi connectivity index (χ1v) is 7.97. The van der Waals surface area contributed by atoms with Gasteiger partial charge in [0.2, 0.25) is 0 Å². The number of rotatable bonds is 3. The number of nitrogens with two attached hydrogens (primary N) is 1. The second-order valence-electron chi connectivity index (χ2n) is 5.96. The first kappa shape index (κ1) is 12.4. The fourth-order valence-corrected chi connectivity index (χ4v) is 4.14. The number of anilines is 1. The molecular weight excluding hydrogens is 242 g/mol. The van der Waals surface area contributed by atoms with Gasteiger partial charge in [0.15, 0.2) is 5.13 Å². The normalized spacial score (nSPS) is 28.7. The van der Waals surface area contributed by atoms with Gasteiger partial charge in [0.1, 0.15) is 0 Å². The molecule has 1 aliphatic carbocycles. The van der Waals surface area contributed by atoms with Gasteiger partial charge in [-0.2, -0.15) is 0 Å². The fourth-order valence-electron chi connectivity index (χ4n) is 2.99. The van der Waals surface area contributed by atoms with Crippen LogP contribution in [0.4, 0.5) is 5.13 Å². The van der Waals surface area contributed by atoms with E-state index in [1.54, 1.807) is 0 Å². The summed E-state index contributed by atoms with van der Waals surface area (Å²) in [6.07, 6.45) is 5.20. The van der Waals surface area contributed by atoms with E-state index in [4.69, 9.17) is 10.7 Å². The summed E-state index contributed by atoms with van der Waals surface area (Å²) in [6, 6.07) is 0.623. The first-order chi connectivity index (χ1) is 8.69. The van der Waals surface area contributed by atoms with Gasteiger partial charge >= 0.3 is 0 Å². The van der Waals surface area contributed by atoms with Gasteiger partial charge in [-0.25, -0.2) is 4.98 Å². The fraction of sp³-hybridized carbons (Fsp3) is 0.786. The van der Waals surface area contributed by atoms with Crippen molar-refractivity contribution in [1.82, 2.24) is 4.98 Å². The lowest BCUT2D eigenvalue weighted by Gasteiger charge is -2.36. The molecule has 1 saturated carbocycles. The Morgan fingerprint density at radius 1 is 1.33 bits per heavy atom. The minimum absolute atomic E-state index is 0.623. The zero-order valence-corrected chi connectivity index (χ0v) is 12.2. The molecule has 18 heavy (non-hydrogen) atoms. The molecule has 4 heteroatoms. The van der Waals surface area contributed by atoms with E-state index in [2.05, 4.69) is 18.7 Å². The van der Waals surface area contributed by atoms with Gasteiger partial charge in [-0.1, -0.05) is 6.92 Å². The minimum Gasteiger partial charge on any atom is -0.345 e. The molecule has 2 atom stereocenters. The zero-order chi connectivity index (χ0) is 12.7. The lowest BCUT2D eigenvalue weighted by atomic mass is 9.94. The molecule has 100 valence electrons. The Balaban J connectivity index is 1.83. The third-order valence-electron chi connectivity index (χ3n) is 4.25. The van der Waals surface area contributed by atoms with Crippen LogP contribution >= 0.6 is 11.3 Å². The van der Waals surface area contributed by atoms with Crippen molar-refractivity contribution in [2.75, 3.05) is 11.4 Å². The van der Waals surface area contributed by atoms with Crippen LogP contribution in [0.25, 0.3) is 0 Å². The molecule has 2 fully saturated rings. The molecule has 1 saturated heterocycles. The summed E-state index contributed by atoms with van der Waals surface area (Å²) in [5.74, 6) is 1.57. The second kappa shape index (κ2) is 4.82. The van der Waals surface area contributed by atoms with Crippen molar-refractivity contribution in [2.24, 2.45) is 11.7 Å². The average Bonchev–Trinajstić information content (AvgIpc) is 3.10. The number of hydrogen-bond acceptors (Lipinski definition) is 4. The molecule has 2 aliphatic rings. The van der Waals surface area contributed by atoms with Crippen LogP contribution in [0.3, 0.4) is 0 Å². The highest BCUT2D eigenvalue weighted by molar-refractivity contribution is 7.15. The lowest BCUT2D eigenvalue weighted by molar-refractivity contribution is 0.377. The highest BCUT2D eigenvalue weighted by Gasteiger charge is 2.32. The van der Waals surface area contributed by atoms with Crippen LogP contribution in [0.5, 0.6) is 0 Å². The van der Waals surface area contributed by atoms with Crippen LogP contribution in [-0.4, -0.2) is 17.6 Å². The van der Waals surface area contributed by atoms with Crippen LogP contribution in [0, 0.1) is 5.92 Å². The minimum atomic E-state index is 0.623. The maximum absolute atomic E-state index is 5.87. The molecule has 0 radical (unpaired) electrons. The zero-order valence-electron chi connectivity index (χ0n) is 11.4. The predicted octanol–water partition coefficient (Wildman–Crippen LogP) is 3.10. The summed E-state index contributed by atoms with van der Waals surface area (Å²) in [6.45, 7) is 6.50. The second-order valence-corrected chi connectivity index (χ2v) is 7.02.